The number of anilines is 1. The van der Waals surface area contributed by atoms with Gasteiger partial charge in [0.05, 0.1) is 17.9 Å². The van der Waals surface area contributed by atoms with Crippen molar-refractivity contribution in [2.45, 2.75) is 26.8 Å². The molecule has 3 rings (SSSR count). The average Bonchev–Trinajstić information content (AvgIpc) is 2.97. The summed E-state index contributed by atoms with van der Waals surface area (Å²) in [7, 11) is 0. The highest BCUT2D eigenvalue weighted by Crippen LogP contribution is 2.18. The molecular formula is C17H18FN5. The van der Waals surface area contributed by atoms with Gasteiger partial charge in [0, 0.05) is 23.1 Å². The van der Waals surface area contributed by atoms with Crippen LogP contribution in [0.15, 0.2) is 42.7 Å². The molecule has 6 heteroatoms. The quantitative estimate of drug-likeness (QED) is 0.800. The third-order valence-corrected chi connectivity index (χ3v) is 3.52. The van der Waals surface area contributed by atoms with Crippen LogP contribution < -0.4 is 5.32 Å². The van der Waals surface area contributed by atoms with E-state index in [0.29, 0.717) is 5.95 Å². The second kappa shape index (κ2) is 6.16. The molecule has 5 nitrogen and oxygen atoms in total. The van der Waals surface area contributed by atoms with Gasteiger partial charge in [0.2, 0.25) is 5.95 Å². The molecule has 2 heterocycles. The molecule has 0 saturated heterocycles. The molecule has 0 bridgehead atoms. The van der Waals surface area contributed by atoms with E-state index < -0.39 is 0 Å². The first kappa shape index (κ1) is 15.1. The molecule has 0 radical (unpaired) electrons. The zero-order chi connectivity index (χ0) is 16.4. The normalized spacial score (nSPS) is 12.2. The zero-order valence-corrected chi connectivity index (χ0v) is 13.3. The van der Waals surface area contributed by atoms with E-state index >= 15 is 0 Å². The Morgan fingerprint density at radius 3 is 2.39 bits per heavy atom. The van der Waals surface area contributed by atoms with E-state index in [-0.39, 0.29) is 11.9 Å². The molecule has 1 atom stereocenters. The fourth-order valence-electron chi connectivity index (χ4n) is 2.36. The highest BCUT2D eigenvalue weighted by molar-refractivity contribution is 5.35. The Bertz CT molecular complexity index is 790. The molecule has 0 aliphatic carbocycles. The molecular weight excluding hydrogens is 293 g/mol. The number of benzene rings is 1. The summed E-state index contributed by atoms with van der Waals surface area (Å²) in [6.07, 6.45) is 3.69. The summed E-state index contributed by atoms with van der Waals surface area (Å²) >= 11 is 0. The Morgan fingerprint density at radius 1 is 1.09 bits per heavy atom. The summed E-state index contributed by atoms with van der Waals surface area (Å²) in [5, 5.41) is 7.61. The Morgan fingerprint density at radius 2 is 1.74 bits per heavy atom. The second-order valence-electron chi connectivity index (χ2n) is 5.53. The Labute approximate surface area is 134 Å². The molecule has 23 heavy (non-hydrogen) atoms. The topological polar surface area (TPSA) is 55.6 Å². The van der Waals surface area contributed by atoms with E-state index in [1.54, 1.807) is 23.0 Å². The first-order chi connectivity index (χ1) is 11.0. The van der Waals surface area contributed by atoms with E-state index in [1.807, 2.05) is 33.0 Å². The number of aryl methyl sites for hydroxylation is 2. The van der Waals surface area contributed by atoms with Crippen LogP contribution in [0.25, 0.3) is 5.69 Å². The number of halogens is 1. The molecule has 0 aliphatic rings. The van der Waals surface area contributed by atoms with Crippen molar-refractivity contribution >= 4 is 5.95 Å². The minimum atomic E-state index is -0.261. The minimum Gasteiger partial charge on any atom is -0.348 e. The van der Waals surface area contributed by atoms with Gasteiger partial charge in [-0.05, 0) is 51.1 Å². The number of hydrogen-bond acceptors (Lipinski definition) is 4. The van der Waals surface area contributed by atoms with E-state index in [9.17, 15) is 4.39 Å². The van der Waals surface area contributed by atoms with Crippen molar-refractivity contribution in [3.63, 3.8) is 0 Å². The van der Waals surface area contributed by atoms with Crippen LogP contribution in [0.5, 0.6) is 0 Å². The fraction of sp³-hybridized carbons (Fsp3) is 0.235. The first-order valence-corrected chi connectivity index (χ1v) is 7.40. The first-order valence-electron chi connectivity index (χ1n) is 7.40. The summed E-state index contributed by atoms with van der Waals surface area (Å²) < 4.78 is 14.7. The van der Waals surface area contributed by atoms with Gasteiger partial charge >= 0.3 is 0 Å². The zero-order valence-electron chi connectivity index (χ0n) is 13.3. The van der Waals surface area contributed by atoms with E-state index in [0.717, 1.165) is 22.6 Å². The van der Waals surface area contributed by atoms with Gasteiger partial charge in [0.25, 0.3) is 0 Å². The van der Waals surface area contributed by atoms with Crippen LogP contribution in [0.4, 0.5) is 10.3 Å². The molecule has 0 spiro atoms. The number of nitrogens with zero attached hydrogens (tertiary/aromatic N) is 4. The maximum atomic E-state index is 13.0. The van der Waals surface area contributed by atoms with Gasteiger partial charge in [-0.3, -0.25) is 0 Å². The van der Waals surface area contributed by atoms with Crippen LogP contribution in [-0.2, 0) is 0 Å². The summed E-state index contributed by atoms with van der Waals surface area (Å²) in [4.78, 5) is 8.77. The van der Waals surface area contributed by atoms with Crippen molar-refractivity contribution in [3.8, 4) is 5.69 Å². The fourth-order valence-corrected chi connectivity index (χ4v) is 2.36. The van der Waals surface area contributed by atoms with Crippen LogP contribution in [0.2, 0.25) is 0 Å². The average molecular weight is 311 g/mol. The summed E-state index contributed by atoms with van der Waals surface area (Å²) in [5.74, 6) is 0.340. The predicted octanol–water partition coefficient (Wildman–Crippen LogP) is 3.59. The Kier molecular flexibility index (Phi) is 4.06. The maximum Gasteiger partial charge on any atom is 0.223 e. The van der Waals surface area contributed by atoms with Gasteiger partial charge in [0.15, 0.2) is 0 Å². The SMILES string of the molecule is Cc1cc(C)nc(NC(C)c2cnn(-c3ccc(F)cc3)c2)n1. The lowest BCUT2D eigenvalue weighted by Crippen LogP contribution is -2.10. The van der Waals surface area contributed by atoms with Crippen LogP contribution in [0.3, 0.4) is 0 Å². The maximum absolute atomic E-state index is 13.0. The van der Waals surface area contributed by atoms with E-state index in [2.05, 4.69) is 20.4 Å². The molecule has 1 unspecified atom stereocenters. The lowest BCUT2D eigenvalue weighted by molar-refractivity contribution is 0.627. The van der Waals surface area contributed by atoms with Crippen LogP contribution in [0, 0.1) is 19.7 Å². The molecule has 3 aromatic rings. The predicted molar refractivity (Wildman–Crippen MR) is 87.1 cm³/mol. The van der Waals surface area contributed by atoms with Gasteiger partial charge < -0.3 is 5.32 Å². The standard InChI is InChI=1S/C17H18FN5/c1-11-8-12(2)21-17(20-11)22-13(3)14-9-19-23(10-14)16-6-4-15(18)5-7-16/h4-10,13H,1-3H3,(H,20,21,22). The van der Waals surface area contributed by atoms with Crippen molar-refractivity contribution in [2.75, 3.05) is 5.32 Å². The van der Waals surface area contributed by atoms with Crippen molar-refractivity contribution in [3.05, 3.63) is 65.5 Å². The third-order valence-electron chi connectivity index (χ3n) is 3.52. The van der Waals surface area contributed by atoms with Crippen molar-refractivity contribution < 1.29 is 4.39 Å². The molecule has 0 amide bonds. The van der Waals surface area contributed by atoms with Gasteiger partial charge in [-0.15, -0.1) is 0 Å². The second-order valence-corrected chi connectivity index (χ2v) is 5.53. The smallest absolute Gasteiger partial charge is 0.223 e. The van der Waals surface area contributed by atoms with Gasteiger partial charge in [-0.25, -0.2) is 19.0 Å². The molecule has 1 N–H and O–H groups in total. The summed E-state index contributed by atoms with van der Waals surface area (Å²) in [5.41, 5.74) is 3.66. The lowest BCUT2D eigenvalue weighted by Gasteiger charge is -2.12. The highest BCUT2D eigenvalue weighted by Gasteiger charge is 2.11. The van der Waals surface area contributed by atoms with Crippen LogP contribution in [0.1, 0.15) is 29.9 Å². The highest BCUT2D eigenvalue weighted by atomic mass is 19.1. The van der Waals surface area contributed by atoms with Crippen molar-refractivity contribution in [2.24, 2.45) is 0 Å². The van der Waals surface area contributed by atoms with Crippen LogP contribution in [-0.4, -0.2) is 19.7 Å². The van der Waals surface area contributed by atoms with E-state index in [1.165, 1.54) is 12.1 Å². The molecule has 0 saturated carbocycles. The lowest BCUT2D eigenvalue weighted by atomic mass is 10.2. The number of aromatic nitrogens is 4. The van der Waals surface area contributed by atoms with Gasteiger partial charge in [-0.1, -0.05) is 0 Å². The number of hydrogen-bond donors (Lipinski definition) is 1. The van der Waals surface area contributed by atoms with Gasteiger partial charge in [0.1, 0.15) is 5.82 Å². The molecule has 1 aromatic carbocycles. The number of nitrogens with one attached hydrogen (secondary N) is 1. The molecule has 2 aromatic heterocycles. The molecule has 118 valence electrons. The third kappa shape index (κ3) is 3.53. The molecule has 0 fully saturated rings. The Hall–Kier alpha value is -2.76. The van der Waals surface area contributed by atoms with Gasteiger partial charge in [-0.2, -0.15) is 5.10 Å². The minimum absolute atomic E-state index is 0.00500. The Balaban J connectivity index is 1.78. The van der Waals surface area contributed by atoms with Crippen molar-refractivity contribution in [1.29, 1.82) is 0 Å². The molecule has 0 aliphatic heterocycles. The summed E-state index contributed by atoms with van der Waals surface area (Å²) in [6.45, 7) is 5.90. The monoisotopic (exact) mass is 311 g/mol. The van der Waals surface area contributed by atoms with E-state index in [4.69, 9.17) is 0 Å². The van der Waals surface area contributed by atoms with Crippen LogP contribution >= 0.6 is 0 Å². The van der Waals surface area contributed by atoms with Crippen molar-refractivity contribution in [1.82, 2.24) is 19.7 Å². The largest absolute Gasteiger partial charge is 0.348 e. The number of rotatable bonds is 4. The summed E-state index contributed by atoms with van der Waals surface area (Å²) in [6, 6.07) is 8.16.